The molecule has 4 aromatic rings. The number of halogens is 1. The topological polar surface area (TPSA) is 89.9 Å². The first-order valence-electron chi connectivity index (χ1n) is 9.94. The molecule has 5 heterocycles. The van der Waals surface area contributed by atoms with Crippen molar-refractivity contribution in [3.8, 4) is 11.4 Å². The van der Waals surface area contributed by atoms with Crippen LogP contribution in [0.3, 0.4) is 0 Å². The minimum atomic E-state index is -0.0654. The standard InChI is InChI=1S/C22H22N6O2.ClH/c1-22(2)12-27(9-6-15-11-30-20-16(15)4-3-7-24-20)21-26-18(10-19(29)28(21)13-22)17-5-8-23-14-25-17;/h3-5,7-8,10-11,14H,6,9,12-13H2,1-2H3;1H. The van der Waals surface area contributed by atoms with Crippen molar-refractivity contribution in [3.05, 3.63) is 65.2 Å². The van der Waals surface area contributed by atoms with E-state index in [-0.39, 0.29) is 23.4 Å². The smallest absolute Gasteiger partial charge is 0.255 e. The molecule has 0 saturated carbocycles. The van der Waals surface area contributed by atoms with Crippen LogP contribution in [0.1, 0.15) is 19.4 Å². The zero-order valence-electron chi connectivity index (χ0n) is 17.4. The van der Waals surface area contributed by atoms with E-state index in [9.17, 15) is 4.79 Å². The van der Waals surface area contributed by atoms with Crippen LogP contribution in [-0.2, 0) is 13.0 Å². The third-order valence-electron chi connectivity index (χ3n) is 5.40. The Morgan fingerprint density at radius 1 is 1.13 bits per heavy atom. The first kappa shape index (κ1) is 21.0. The molecule has 0 aliphatic carbocycles. The molecule has 0 unspecified atom stereocenters. The van der Waals surface area contributed by atoms with Gasteiger partial charge in [0.05, 0.1) is 17.7 Å². The number of aromatic nitrogens is 5. The predicted molar refractivity (Wildman–Crippen MR) is 120 cm³/mol. The van der Waals surface area contributed by atoms with E-state index in [2.05, 4.69) is 33.7 Å². The second-order valence-electron chi connectivity index (χ2n) is 8.41. The van der Waals surface area contributed by atoms with E-state index < -0.39 is 0 Å². The van der Waals surface area contributed by atoms with Crippen molar-refractivity contribution in [2.24, 2.45) is 5.41 Å². The maximum atomic E-state index is 12.9. The first-order valence-corrected chi connectivity index (χ1v) is 9.94. The van der Waals surface area contributed by atoms with Crippen molar-refractivity contribution in [2.45, 2.75) is 26.8 Å². The van der Waals surface area contributed by atoms with E-state index in [0.29, 0.717) is 36.1 Å². The third kappa shape index (κ3) is 4.03. The summed E-state index contributed by atoms with van der Waals surface area (Å²) in [5.74, 6) is 0.682. The normalized spacial score (nSPS) is 14.8. The molecule has 0 N–H and O–H groups in total. The highest BCUT2D eigenvalue weighted by Crippen LogP contribution is 2.30. The Kier molecular flexibility index (Phi) is 5.49. The van der Waals surface area contributed by atoms with Gasteiger partial charge in [-0.2, -0.15) is 0 Å². The van der Waals surface area contributed by atoms with Crippen LogP contribution in [0.25, 0.3) is 22.5 Å². The SMILES string of the molecule is CC1(C)CN(CCc2coc3ncccc23)c2nc(-c3ccncn3)cc(=O)n2C1.Cl. The molecule has 1 aliphatic heterocycles. The molecule has 0 amide bonds. The summed E-state index contributed by atoms with van der Waals surface area (Å²) in [6, 6.07) is 7.25. The van der Waals surface area contributed by atoms with Gasteiger partial charge in [-0.25, -0.2) is 19.9 Å². The van der Waals surface area contributed by atoms with Crippen LogP contribution < -0.4 is 10.5 Å². The molecule has 8 nitrogen and oxygen atoms in total. The Balaban J connectivity index is 0.00000231. The fourth-order valence-electron chi connectivity index (χ4n) is 4.07. The fourth-order valence-corrected chi connectivity index (χ4v) is 4.07. The monoisotopic (exact) mass is 438 g/mol. The van der Waals surface area contributed by atoms with Crippen LogP contribution in [-0.4, -0.2) is 37.6 Å². The van der Waals surface area contributed by atoms with E-state index in [1.54, 1.807) is 35.4 Å². The lowest BCUT2D eigenvalue weighted by atomic mass is 9.91. The molecule has 0 atom stereocenters. The second-order valence-corrected chi connectivity index (χ2v) is 8.41. The van der Waals surface area contributed by atoms with Gasteiger partial charge in [0.1, 0.15) is 6.33 Å². The van der Waals surface area contributed by atoms with Gasteiger partial charge in [0.2, 0.25) is 11.7 Å². The molecule has 9 heteroatoms. The van der Waals surface area contributed by atoms with Crippen LogP contribution in [0.2, 0.25) is 0 Å². The van der Waals surface area contributed by atoms with Crippen molar-refractivity contribution in [1.29, 1.82) is 0 Å². The van der Waals surface area contributed by atoms with Crippen molar-refractivity contribution in [2.75, 3.05) is 18.0 Å². The van der Waals surface area contributed by atoms with Crippen LogP contribution in [0, 0.1) is 5.41 Å². The highest BCUT2D eigenvalue weighted by atomic mass is 35.5. The van der Waals surface area contributed by atoms with Crippen LogP contribution >= 0.6 is 12.4 Å². The van der Waals surface area contributed by atoms with Crippen molar-refractivity contribution < 1.29 is 4.42 Å². The predicted octanol–water partition coefficient (Wildman–Crippen LogP) is 3.35. The summed E-state index contributed by atoms with van der Waals surface area (Å²) in [7, 11) is 0. The van der Waals surface area contributed by atoms with Crippen LogP contribution in [0.4, 0.5) is 5.95 Å². The largest absolute Gasteiger partial charge is 0.446 e. The van der Waals surface area contributed by atoms with Crippen molar-refractivity contribution >= 4 is 29.5 Å². The number of pyridine rings is 1. The van der Waals surface area contributed by atoms with Gasteiger partial charge >= 0.3 is 0 Å². The van der Waals surface area contributed by atoms with Crippen LogP contribution in [0.5, 0.6) is 0 Å². The quantitative estimate of drug-likeness (QED) is 0.482. The Labute approximate surface area is 185 Å². The van der Waals surface area contributed by atoms with E-state index in [0.717, 1.165) is 23.9 Å². The van der Waals surface area contributed by atoms with Gasteiger partial charge in [-0.1, -0.05) is 13.8 Å². The summed E-state index contributed by atoms with van der Waals surface area (Å²) in [4.78, 5) is 32.4. The number of furan rings is 1. The van der Waals surface area contributed by atoms with E-state index in [1.807, 2.05) is 12.1 Å². The molecule has 0 bridgehead atoms. The lowest BCUT2D eigenvalue weighted by Gasteiger charge is -2.40. The van der Waals surface area contributed by atoms with Crippen molar-refractivity contribution in [1.82, 2.24) is 24.5 Å². The molecule has 0 saturated heterocycles. The summed E-state index contributed by atoms with van der Waals surface area (Å²) in [6.45, 7) is 6.50. The van der Waals surface area contributed by atoms with Gasteiger partial charge in [-0.3, -0.25) is 9.36 Å². The average Bonchev–Trinajstić information content (AvgIpc) is 3.16. The number of anilines is 1. The molecule has 0 aromatic carbocycles. The second kappa shape index (κ2) is 8.11. The molecule has 0 fully saturated rings. The lowest BCUT2D eigenvalue weighted by Crippen LogP contribution is -2.48. The van der Waals surface area contributed by atoms with Gasteiger partial charge in [-0.05, 0) is 24.6 Å². The Morgan fingerprint density at radius 3 is 2.81 bits per heavy atom. The highest BCUT2D eigenvalue weighted by molar-refractivity contribution is 5.85. The number of fused-ring (bicyclic) bond motifs is 2. The molecule has 4 aromatic heterocycles. The maximum absolute atomic E-state index is 12.9. The molecule has 1 aliphatic rings. The maximum Gasteiger partial charge on any atom is 0.255 e. The van der Waals surface area contributed by atoms with Gasteiger partial charge in [0.15, 0.2) is 0 Å². The van der Waals surface area contributed by atoms with Gasteiger partial charge in [-0.15, -0.1) is 12.4 Å². The molecule has 160 valence electrons. The molecule has 0 spiro atoms. The number of hydrogen-bond acceptors (Lipinski definition) is 7. The number of nitrogens with zero attached hydrogens (tertiary/aromatic N) is 6. The molecule has 5 rings (SSSR count). The molecular formula is C22H23ClN6O2. The van der Waals surface area contributed by atoms with E-state index in [1.165, 1.54) is 6.33 Å². The van der Waals surface area contributed by atoms with Crippen LogP contribution in [0.15, 0.2) is 58.5 Å². The number of rotatable bonds is 4. The van der Waals surface area contributed by atoms with Gasteiger partial charge in [0.25, 0.3) is 5.56 Å². The molecule has 31 heavy (non-hydrogen) atoms. The summed E-state index contributed by atoms with van der Waals surface area (Å²) >= 11 is 0. The fraction of sp³-hybridized carbons (Fsp3) is 0.318. The Morgan fingerprint density at radius 2 is 2.00 bits per heavy atom. The first-order chi connectivity index (χ1) is 14.5. The zero-order chi connectivity index (χ0) is 20.7. The Bertz CT molecular complexity index is 1270. The summed E-state index contributed by atoms with van der Waals surface area (Å²) < 4.78 is 7.35. The van der Waals surface area contributed by atoms with E-state index in [4.69, 9.17) is 9.40 Å². The minimum Gasteiger partial charge on any atom is -0.446 e. The molecule has 0 radical (unpaired) electrons. The van der Waals surface area contributed by atoms with Gasteiger partial charge in [0, 0.05) is 54.5 Å². The minimum absolute atomic E-state index is 0. The van der Waals surface area contributed by atoms with Gasteiger partial charge < -0.3 is 9.32 Å². The van der Waals surface area contributed by atoms with Crippen molar-refractivity contribution in [3.63, 3.8) is 0 Å². The lowest BCUT2D eigenvalue weighted by molar-refractivity contribution is 0.274. The number of hydrogen-bond donors (Lipinski definition) is 0. The third-order valence-corrected chi connectivity index (χ3v) is 5.40. The average molecular weight is 439 g/mol. The summed E-state index contributed by atoms with van der Waals surface area (Å²) in [5, 5.41) is 1.02. The Hall–Kier alpha value is -3.26. The summed E-state index contributed by atoms with van der Waals surface area (Å²) in [5.41, 5.74) is 2.84. The highest BCUT2D eigenvalue weighted by Gasteiger charge is 2.32. The zero-order valence-corrected chi connectivity index (χ0v) is 18.2. The van der Waals surface area contributed by atoms with E-state index >= 15 is 0 Å². The summed E-state index contributed by atoms with van der Waals surface area (Å²) in [6.07, 6.45) is 7.38. The molecular weight excluding hydrogens is 416 g/mol.